The highest BCUT2D eigenvalue weighted by atomic mass is 35.5. The average molecular weight is 334 g/mol. The van der Waals surface area contributed by atoms with E-state index in [2.05, 4.69) is 0 Å². The maximum atomic E-state index is 13.8. The fraction of sp³-hybridized carbons (Fsp3) is 0.0769. The number of aliphatic hydroxyl groups excluding tert-OH is 1. The van der Waals surface area contributed by atoms with Gasteiger partial charge in [0.15, 0.2) is 0 Å². The van der Waals surface area contributed by atoms with Gasteiger partial charge in [-0.2, -0.15) is 0 Å². The maximum Gasteiger partial charge on any atom is 0.264 e. The summed E-state index contributed by atoms with van der Waals surface area (Å²) in [6, 6.07) is 6.32. The van der Waals surface area contributed by atoms with Gasteiger partial charge in [0.25, 0.3) is 10.0 Å². The minimum absolute atomic E-state index is 0.0210. The van der Waals surface area contributed by atoms with E-state index in [0.29, 0.717) is 0 Å². The van der Waals surface area contributed by atoms with Crippen molar-refractivity contribution in [3.8, 4) is 0 Å². The molecule has 0 saturated carbocycles. The van der Waals surface area contributed by atoms with E-state index >= 15 is 0 Å². The maximum absolute atomic E-state index is 13.8. The van der Waals surface area contributed by atoms with E-state index in [4.69, 9.17) is 16.7 Å². The first kappa shape index (κ1) is 15.7. The Kier molecular flexibility index (Phi) is 4.46. The topological polar surface area (TPSA) is 66.4 Å². The van der Waals surface area contributed by atoms with Crippen LogP contribution in [0.4, 0.5) is 14.5 Å². The summed E-state index contributed by atoms with van der Waals surface area (Å²) >= 11 is 5.76. The van der Waals surface area contributed by atoms with Gasteiger partial charge in [0.1, 0.15) is 16.5 Å². The third-order valence-corrected chi connectivity index (χ3v) is 4.37. The van der Waals surface area contributed by atoms with Crippen molar-refractivity contribution >= 4 is 27.3 Å². The Bertz CT molecular complexity index is 781. The van der Waals surface area contributed by atoms with Crippen molar-refractivity contribution in [3.05, 3.63) is 58.6 Å². The molecule has 2 N–H and O–H groups in total. The van der Waals surface area contributed by atoms with E-state index in [0.717, 1.165) is 24.3 Å². The van der Waals surface area contributed by atoms with Gasteiger partial charge in [-0.15, -0.1) is 0 Å². The number of hydrogen-bond donors (Lipinski definition) is 2. The molecule has 0 aliphatic carbocycles. The number of nitrogens with one attached hydrogen (secondary N) is 1. The molecule has 2 aromatic carbocycles. The lowest BCUT2D eigenvalue weighted by Gasteiger charge is -2.11. The first-order chi connectivity index (χ1) is 9.83. The number of sulfonamides is 1. The lowest BCUT2D eigenvalue weighted by Crippen LogP contribution is -2.15. The van der Waals surface area contributed by atoms with Crippen LogP contribution >= 0.6 is 11.6 Å². The number of rotatable bonds is 4. The minimum atomic E-state index is -4.27. The van der Waals surface area contributed by atoms with Crippen molar-refractivity contribution in [1.29, 1.82) is 0 Å². The third-order valence-electron chi connectivity index (χ3n) is 2.64. The fourth-order valence-corrected chi connectivity index (χ4v) is 2.99. The largest absolute Gasteiger partial charge is 0.392 e. The molecule has 0 aliphatic heterocycles. The predicted molar refractivity (Wildman–Crippen MR) is 74.5 cm³/mol. The van der Waals surface area contributed by atoms with Crippen molar-refractivity contribution in [2.75, 3.05) is 4.72 Å². The molecule has 21 heavy (non-hydrogen) atoms. The van der Waals surface area contributed by atoms with Gasteiger partial charge in [-0.25, -0.2) is 17.2 Å². The van der Waals surface area contributed by atoms with Gasteiger partial charge >= 0.3 is 0 Å². The van der Waals surface area contributed by atoms with Crippen LogP contribution in [0, 0.1) is 11.6 Å². The van der Waals surface area contributed by atoms with Crippen molar-refractivity contribution in [1.82, 2.24) is 0 Å². The molecule has 4 nitrogen and oxygen atoms in total. The van der Waals surface area contributed by atoms with Gasteiger partial charge in [0, 0.05) is 0 Å². The Hall–Kier alpha value is -1.70. The van der Waals surface area contributed by atoms with Crippen molar-refractivity contribution in [3.63, 3.8) is 0 Å². The van der Waals surface area contributed by atoms with Gasteiger partial charge in [-0.3, -0.25) is 4.72 Å². The molecule has 0 unspecified atom stereocenters. The first-order valence-corrected chi connectivity index (χ1v) is 7.57. The second-order valence-electron chi connectivity index (χ2n) is 4.15. The molecule has 0 amide bonds. The molecular weight excluding hydrogens is 324 g/mol. The van der Waals surface area contributed by atoms with Crippen molar-refractivity contribution in [2.24, 2.45) is 0 Å². The van der Waals surface area contributed by atoms with Crippen LogP contribution in [-0.2, 0) is 16.6 Å². The van der Waals surface area contributed by atoms with Crippen molar-refractivity contribution < 1.29 is 22.3 Å². The predicted octanol–water partition coefficient (Wildman–Crippen LogP) is 2.91. The van der Waals surface area contributed by atoms with Gasteiger partial charge in [-0.05, 0) is 35.9 Å². The SMILES string of the molecule is O=S(=O)(Nc1cc(F)ccc1Cl)c1ccc(CO)cc1F. The summed E-state index contributed by atoms with van der Waals surface area (Å²) in [5.74, 6) is -1.71. The molecule has 0 fully saturated rings. The number of halogens is 3. The molecule has 2 aromatic rings. The van der Waals surface area contributed by atoms with Crippen LogP contribution in [0.3, 0.4) is 0 Å². The molecule has 0 atom stereocenters. The quantitative estimate of drug-likeness (QED) is 0.904. The van der Waals surface area contributed by atoms with Crippen LogP contribution in [0.5, 0.6) is 0 Å². The first-order valence-electron chi connectivity index (χ1n) is 5.70. The van der Waals surface area contributed by atoms with E-state index in [1.165, 1.54) is 12.1 Å². The smallest absolute Gasteiger partial charge is 0.264 e. The van der Waals surface area contributed by atoms with Crippen molar-refractivity contribution in [2.45, 2.75) is 11.5 Å². The zero-order valence-corrected chi connectivity index (χ0v) is 12.0. The Morgan fingerprint density at radius 2 is 1.86 bits per heavy atom. The summed E-state index contributed by atoms with van der Waals surface area (Å²) in [4.78, 5) is -0.625. The molecule has 0 bridgehead atoms. The Balaban J connectivity index is 2.41. The summed E-state index contributed by atoms with van der Waals surface area (Å²) in [6.07, 6.45) is 0. The Morgan fingerprint density at radius 3 is 2.48 bits per heavy atom. The monoisotopic (exact) mass is 333 g/mol. The van der Waals surface area contributed by atoms with E-state index in [9.17, 15) is 17.2 Å². The fourth-order valence-electron chi connectivity index (χ4n) is 1.64. The molecular formula is C13H10ClF2NO3S. The molecule has 8 heteroatoms. The highest BCUT2D eigenvalue weighted by Crippen LogP contribution is 2.26. The molecule has 0 saturated heterocycles. The van der Waals surface area contributed by atoms with Crippen LogP contribution in [0.2, 0.25) is 5.02 Å². The molecule has 112 valence electrons. The summed E-state index contributed by atoms with van der Waals surface area (Å²) in [6.45, 7) is -0.416. The van der Waals surface area contributed by atoms with Crippen LogP contribution in [-0.4, -0.2) is 13.5 Å². The van der Waals surface area contributed by atoms with Gasteiger partial charge in [0.05, 0.1) is 17.3 Å². The number of benzene rings is 2. The molecule has 0 radical (unpaired) electrons. The summed E-state index contributed by atoms with van der Waals surface area (Å²) in [7, 11) is -4.27. The molecule has 0 spiro atoms. The van der Waals surface area contributed by atoms with E-state index in [1.807, 2.05) is 4.72 Å². The zero-order valence-electron chi connectivity index (χ0n) is 10.5. The highest BCUT2D eigenvalue weighted by Gasteiger charge is 2.20. The minimum Gasteiger partial charge on any atom is -0.392 e. The van der Waals surface area contributed by atoms with Gasteiger partial charge in [-0.1, -0.05) is 17.7 Å². The Morgan fingerprint density at radius 1 is 1.14 bits per heavy atom. The van der Waals surface area contributed by atoms with E-state index in [-0.39, 0.29) is 16.3 Å². The molecule has 0 aromatic heterocycles. The van der Waals surface area contributed by atoms with E-state index in [1.54, 1.807) is 0 Å². The molecule has 2 rings (SSSR count). The zero-order chi connectivity index (χ0) is 15.6. The summed E-state index contributed by atoms with van der Waals surface area (Å²) in [5.41, 5.74) is 0.0394. The third kappa shape index (κ3) is 3.49. The second kappa shape index (κ2) is 5.97. The average Bonchev–Trinajstić information content (AvgIpc) is 2.42. The standard InChI is InChI=1S/C13H10ClF2NO3S/c14-10-3-2-9(15)6-12(10)17-21(19,20)13-4-1-8(7-18)5-11(13)16/h1-6,17-18H,7H2. The normalized spacial score (nSPS) is 11.4. The lowest BCUT2D eigenvalue weighted by atomic mass is 10.2. The molecule has 0 aliphatic rings. The van der Waals surface area contributed by atoms with Crippen LogP contribution < -0.4 is 4.72 Å². The van der Waals surface area contributed by atoms with Gasteiger partial charge in [0.2, 0.25) is 0 Å². The summed E-state index contributed by atoms with van der Waals surface area (Å²) in [5, 5.41) is 8.85. The number of aliphatic hydroxyl groups is 1. The van der Waals surface area contributed by atoms with Gasteiger partial charge < -0.3 is 5.11 Å². The van der Waals surface area contributed by atoms with Crippen LogP contribution in [0.1, 0.15) is 5.56 Å². The highest BCUT2D eigenvalue weighted by molar-refractivity contribution is 7.92. The second-order valence-corrected chi connectivity index (χ2v) is 6.21. The summed E-state index contributed by atoms with van der Waals surface area (Å²) < 4.78 is 53.1. The number of hydrogen-bond acceptors (Lipinski definition) is 3. The lowest BCUT2D eigenvalue weighted by molar-refractivity contribution is 0.281. The van der Waals surface area contributed by atoms with E-state index < -0.39 is 33.2 Å². The van der Waals surface area contributed by atoms with Crippen LogP contribution in [0.25, 0.3) is 0 Å². The number of anilines is 1. The molecule has 0 heterocycles. The Labute approximate surface area is 125 Å². The van der Waals surface area contributed by atoms with Crippen LogP contribution in [0.15, 0.2) is 41.3 Å².